The third-order valence-corrected chi connectivity index (χ3v) is 6.28. The second-order valence-electron chi connectivity index (χ2n) is 6.45. The number of thioether (sulfide) groups is 1. The summed E-state index contributed by atoms with van der Waals surface area (Å²) in [5, 5.41) is 0.437. The highest BCUT2D eigenvalue weighted by atomic mass is 32.2. The zero-order valence-corrected chi connectivity index (χ0v) is 14.2. The second kappa shape index (κ2) is 7.39. The summed E-state index contributed by atoms with van der Waals surface area (Å²) >= 11 is 1.77. The number of carbonyl (C=O) groups is 2. The minimum absolute atomic E-state index is 0.0584. The van der Waals surface area contributed by atoms with E-state index < -0.39 is 0 Å². The van der Waals surface area contributed by atoms with Gasteiger partial charge < -0.3 is 10.6 Å². The minimum atomic E-state index is -0.231. The van der Waals surface area contributed by atoms with Gasteiger partial charge in [-0.05, 0) is 43.2 Å². The fraction of sp³-hybridized carbons (Fsp3) is 0.556. The molecule has 2 aliphatic rings. The minimum Gasteiger partial charge on any atom is -0.369 e. The van der Waals surface area contributed by atoms with Crippen LogP contribution in [0.3, 0.4) is 0 Å². The number of amides is 2. The number of hydrogen-bond donors (Lipinski definition) is 1. The van der Waals surface area contributed by atoms with Crippen LogP contribution in [0.4, 0.5) is 0 Å². The molecule has 124 valence electrons. The number of nitrogens with two attached hydrogens (primary N) is 1. The maximum absolute atomic E-state index is 12.4. The number of likely N-dealkylation sites (tertiary alicyclic amines) is 1. The zero-order chi connectivity index (χ0) is 16.2. The fourth-order valence-corrected chi connectivity index (χ4v) is 4.83. The molecule has 0 saturated carbocycles. The van der Waals surface area contributed by atoms with Gasteiger partial charge >= 0.3 is 0 Å². The van der Waals surface area contributed by atoms with Crippen LogP contribution in [0.5, 0.6) is 0 Å². The van der Waals surface area contributed by atoms with Gasteiger partial charge in [-0.3, -0.25) is 9.59 Å². The van der Waals surface area contributed by atoms with E-state index in [-0.39, 0.29) is 17.7 Å². The van der Waals surface area contributed by atoms with Gasteiger partial charge in [-0.2, -0.15) is 0 Å². The van der Waals surface area contributed by atoms with Crippen molar-refractivity contribution in [2.24, 2.45) is 11.7 Å². The Bertz CT molecular complexity index is 582. The van der Waals surface area contributed by atoms with Gasteiger partial charge in [0.2, 0.25) is 11.8 Å². The molecule has 23 heavy (non-hydrogen) atoms. The van der Waals surface area contributed by atoms with Gasteiger partial charge in [-0.25, -0.2) is 0 Å². The molecule has 0 radical (unpaired) electrons. The van der Waals surface area contributed by atoms with Crippen molar-refractivity contribution in [3.05, 3.63) is 35.4 Å². The monoisotopic (exact) mass is 332 g/mol. The van der Waals surface area contributed by atoms with Crippen molar-refractivity contribution in [2.75, 3.05) is 18.8 Å². The number of fused-ring (bicyclic) bond motifs is 1. The highest BCUT2D eigenvalue weighted by molar-refractivity contribution is 8.00. The standard InChI is InChI=1S/C18H24N2O2S/c19-18(22)14-8-10-20(11-9-14)17(21)12-23-16-7-3-5-13-4-1-2-6-15(13)16/h1-2,4,6,14,16H,3,5,7-12H2,(H2,19,22)/t16-/m1/s1. The molecular formula is C18H24N2O2S. The molecule has 5 heteroatoms. The molecule has 1 heterocycles. The number of benzene rings is 1. The number of hydrogen-bond acceptors (Lipinski definition) is 3. The molecule has 1 aliphatic carbocycles. The Kier molecular flexibility index (Phi) is 5.26. The van der Waals surface area contributed by atoms with Crippen molar-refractivity contribution in [3.63, 3.8) is 0 Å². The molecule has 1 aromatic carbocycles. The summed E-state index contributed by atoms with van der Waals surface area (Å²) in [6, 6.07) is 8.60. The highest BCUT2D eigenvalue weighted by Crippen LogP contribution is 2.39. The molecule has 3 rings (SSSR count). The SMILES string of the molecule is NC(=O)C1CCN(C(=O)CS[C@@H]2CCCc3ccccc32)CC1. The number of primary amides is 1. The number of aryl methyl sites for hydroxylation is 1. The van der Waals surface area contributed by atoms with E-state index in [2.05, 4.69) is 24.3 Å². The molecule has 1 aliphatic heterocycles. The van der Waals surface area contributed by atoms with E-state index in [1.165, 1.54) is 17.5 Å². The van der Waals surface area contributed by atoms with Crippen molar-refractivity contribution < 1.29 is 9.59 Å². The van der Waals surface area contributed by atoms with Gasteiger partial charge in [-0.1, -0.05) is 24.3 Å². The van der Waals surface area contributed by atoms with Crippen LogP contribution in [-0.4, -0.2) is 35.6 Å². The van der Waals surface area contributed by atoms with E-state index in [0.29, 0.717) is 36.9 Å². The third kappa shape index (κ3) is 3.89. The Morgan fingerprint density at radius 2 is 1.91 bits per heavy atom. The van der Waals surface area contributed by atoms with E-state index in [1.807, 2.05) is 4.90 Å². The van der Waals surface area contributed by atoms with Gasteiger partial charge in [0.15, 0.2) is 0 Å². The van der Waals surface area contributed by atoms with Gasteiger partial charge in [0.25, 0.3) is 0 Å². The van der Waals surface area contributed by atoms with Crippen molar-refractivity contribution in [2.45, 2.75) is 37.4 Å². The predicted molar refractivity (Wildman–Crippen MR) is 93.1 cm³/mol. The van der Waals surface area contributed by atoms with Crippen LogP contribution in [0, 0.1) is 5.92 Å². The van der Waals surface area contributed by atoms with Gasteiger partial charge in [0.05, 0.1) is 5.75 Å². The van der Waals surface area contributed by atoms with Gasteiger partial charge in [0.1, 0.15) is 0 Å². The second-order valence-corrected chi connectivity index (χ2v) is 7.64. The number of rotatable bonds is 4. The van der Waals surface area contributed by atoms with Crippen LogP contribution < -0.4 is 5.73 Å². The van der Waals surface area contributed by atoms with Crippen LogP contribution in [0.15, 0.2) is 24.3 Å². The molecule has 1 atom stereocenters. The third-order valence-electron chi connectivity index (χ3n) is 4.97. The van der Waals surface area contributed by atoms with Crippen molar-refractivity contribution in [1.82, 2.24) is 4.90 Å². The summed E-state index contributed by atoms with van der Waals surface area (Å²) in [4.78, 5) is 25.5. The van der Waals surface area contributed by atoms with Crippen molar-refractivity contribution in [1.29, 1.82) is 0 Å². The van der Waals surface area contributed by atoms with E-state index >= 15 is 0 Å². The summed E-state index contributed by atoms with van der Waals surface area (Å²) < 4.78 is 0. The first kappa shape index (κ1) is 16.4. The van der Waals surface area contributed by atoms with Crippen LogP contribution >= 0.6 is 11.8 Å². The summed E-state index contributed by atoms with van der Waals surface area (Å²) in [5.74, 6) is 0.434. The number of nitrogens with zero attached hydrogens (tertiary/aromatic N) is 1. The molecule has 0 aromatic heterocycles. The van der Waals surface area contributed by atoms with Crippen LogP contribution in [0.1, 0.15) is 42.1 Å². The lowest BCUT2D eigenvalue weighted by atomic mass is 9.91. The molecule has 1 aromatic rings. The van der Waals surface area contributed by atoms with Crippen molar-refractivity contribution >= 4 is 23.6 Å². The summed E-state index contributed by atoms with van der Waals surface area (Å²) in [5.41, 5.74) is 8.19. The first-order valence-corrected chi connectivity index (χ1v) is 9.46. The van der Waals surface area contributed by atoms with E-state index in [1.54, 1.807) is 11.8 Å². The van der Waals surface area contributed by atoms with Crippen LogP contribution in [0.2, 0.25) is 0 Å². The molecule has 2 N–H and O–H groups in total. The maximum Gasteiger partial charge on any atom is 0.232 e. The molecule has 1 fully saturated rings. The smallest absolute Gasteiger partial charge is 0.232 e. The number of carbonyl (C=O) groups excluding carboxylic acids is 2. The molecular weight excluding hydrogens is 308 g/mol. The van der Waals surface area contributed by atoms with Crippen LogP contribution in [0.25, 0.3) is 0 Å². The largest absolute Gasteiger partial charge is 0.369 e. The predicted octanol–water partition coefficient (Wildman–Crippen LogP) is 2.52. The Morgan fingerprint density at radius 1 is 1.17 bits per heavy atom. The molecule has 1 saturated heterocycles. The van der Waals surface area contributed by atoms with Gasteiger partial charge in [0, 0.05) is 24.3 Å². The zero-order valence-electron chi connectivity index (χ0n) is 13.4. The van der Waals surface area contributed by atoms with Gasteiger partial charge in [-0.15, -0.1) is 11.8 Å². The molecule has 0 spiro atoms. The van der Waals surface area contributed by atoms with Crippen molar-refractivity contribution in [3.8, 4) is 0 Å². The lowest BCUT2D eigenvalue weighted by Crippen LogP contribution is -2.42. The average Bonchev–Trinajstić information content (AvgIpc) is 2.59. The Hall–Kier alpha value is -1.49. The molecule has 0 bridgehead atoms. The first-order valence-electron chi connectivity index (χ1n) is 8.41. The Balaban J connectivity index is 1.51. The summed E-state index contributed by atoms with van der Waals surface area (Å²) in [6.45, 7) is 1.32. The highest BCUT2D eigenvalue weighted by Gasteiger charge is 2.27. The molecule has 4 nitrogen and oxygen atoms in total. The van der Waals surface area contributed by atoms with Crippen LogP contribution in [-0.2, 0) is 16.0 Å². The quantitative estimate of drug-likeness (QED) is 0.921. The Labute approximate surface area is 141 Å². The number of piperidine rings is 1. The maximum atomic E-state index is 12.4. The van der Waals surface area contributed by atoms with E-state index in [4.69, 9.17) is 5.73 Å². The summed E-state index contributed by atoms with van der Waals surface area (Å²) in [6.07, 6.45) is 4.92. The van der Waals surface area contributed by atoms with E-state index in [0.717, 1.165) is 12.8 Å². The topological polar surface area (TPSA) is 63.4 Å². The lowest BCUT2D eigenvalue weighted by Gasteiger charge is -2.31. The normalized spacial score (nSPS) is 21.7. The van der Waals surface area contributed by atoms with E-state index in [9.17, 15) is 9.59 Å². The average molecular weight is 332 g/mol. The molecule has 2 amide bonds. The molecule has 0 unspecified atom stereocenters. The lowest BCUT2D eigenvalue weighted by molar-refractivity contribution is -0.132. The fourth-order valence-electron chi connectivity index (χ4n) is 3.56. The Morgan fingerprint density at radius 3 is 2.65 bits per heavy atom. The summed E-state index contributed by atoms with van der Waals surface area (Å²) in [7, 11) is 0. The first-order chi connectivity index (χ1) is 11.1.